The maximum Gasteiger partial charge on any atom is 0.511 e. The lowest BCUT2D eigenvalue weighted by atomic mass is 10.2. The molecule has 2 N–H and O–H groups in total. The first kappa shape index (κ1) is 11.3. The van der Waals surface area contributed by atoms with Gasteiger partial charge in [-0.05, 0) is 6.42 Å². The number of hydrogen-bond acceptors (Lipinski definition) is 4. The van der Waals surface area contributed by atoms with Crippen molar-refractivity contribution in [2.45, 2.75) is 19.4 Å². The molecular weight excluding hydrogens is 180 g/mol. The van der Waals surface area contributed by atoms with Crippen molar-refractivity contribution in [2.75, 3.05) is 0 Å². The van der Waals surface area contributed by atoms with Crippen molar-refractivity contribution in [1.82, 2.24) is 0 Å². The molecule has 6 heteroatoms. The Labute approximate surface area is 74.4 Å². The van der Waals surface area contributed by atoms with Gasteiger partial charge in [0.05, 0.1) is 0 Å². The van der Waals surface area contributed by atoms with Gasteiger partial charge in [-0.25, -0.2) is 9.59 Å². The van der Waals surface area contributed by atoms with Gasteiger partial charge in [0.2, 0.25) is 0 Å². The van der Waals surface area contributed by atoms with E-state index in [1.54, 1.807) is 6.92 Å². The van der Waals surface area contributed by atoms with Gasteiger partial charge in [0, 0.05) is 0 Å². The van der Waals surface area contributed by atoms with Crippen molar-refractivity contribution in [1.29, 1.82) is 0 Å². The molecule has 0 aromatic rings. The first-order valence-electron chi connectivity index (χ1n) is 3.46. The van der Waals surface area contributed by atoms with Crippen molar-refractivity contribution < 1.29 is 29.3 Å². The fourth-order valence-corrected chi connectivity index (χ4v) is 0.676. The number of ether oxygens (including phenoxy) is 2. The molecule has 0 aliphatic rings. The van der Waals surface area contributed by atoms with Gasteiger partial charge < -0.3 is 19.7 Å². The highest BCUT2D eigenvalue weighted by atomic mass is 16.7. The summed E-state index contributed by atoms with van der Waals surface area (Å²) in [6.07, 6.45) is -3.73. The minimum Gasteiger partial charge on any atom is -0.450 e. The van der Waals surface area contributed by atoms with Crippen LogP contribution in [0.2, 0.25) is 0 Å². The van der Waals surface area contributed by atoms with E-state index in [0.29, 0.717) is 0 Å². The standard InChI is InChI=1S/C7H10O6/c1-3-5(13-7(10)11)4(2)12-6(8)9/h5H,2-3H2,1H3,(H,8,9)(H,10,11). The zero-order valence-electron chi connectivity index (χ0n) is 7.02. The third kappa shape index (κ3) is 4.67. The summed E-state index contributed by atoms with van der Waals surface area (Å²) in [7, 11) is 0. The van der Waals surface area contributed by atoms with E-state index in [1.165, 1.54) is 0 Å². The molecule has 0 rings (SSSR count). The van der Waals surface area contributed by atoms with Crippen molar-refractivity contribution in [3.63, 3.8) is 0 Å². The average molecular weight is 190 g/mol. The SMILES string of the molecule is C=C(OC(=O)O)C(CC)OC(=O)O. The smallest absolute Gasteiger partial charge is 0.450 e. The second-order valence-electron chi connectivity index (χ2n) is 2.11. The van der Waals surface area contributed by atoms with Crippen LogP contribution in [0.3, 0.4) is 0 Å². The molecule has 0 amide bonds. The molecule has 0 aliphatic heterocycles. The van der Waals surface area contributed by atoms with Crippen LogP contribution in [-0.4, -0.2) is 28.6 Å². The molecule has 0 saturated heterocycles. The molecule has 0 aromatic heterocycles. The molecule has 0 bridgehead atoms. The summed E-state index contributed by atoms with van der Waals surface area (Å²) in [6.45, 7) is 4.84. The molecule has 1 atom stereocenters. The third-order valence-electron chi connectivity index (χ3n) is 1.19. The topological polar surface area (TPSA) is 93.1 Å². The minimum atomic E-state index is -1.54. The fraction of sp³-hybridized carbons (Fsp3) is 0.429. The van der Waals surface area contributed by atoms with Gasteiger partial charge >= 0.3 is 12.3 Å². The molecule has 0 radical (unpaired) electrons. The van der Waals surface area contributed by atoms with E-state index in [4.69, 9.17) is 10.2 Å². The average Bonchev–Trinajstić information content (AvgIpc) is 1.98. The molecular formula is C7H10O6. The zero-order valence-corrected chi connectivity index (χ0v) is 7.02. The quantitative estimate of drug-likeness (QED) is 0.517. The molecule has 6 nitrogen and oxygen atoms in total. The van der Waals surface area contributed by atoms with Crippen LogP contribution in [-0.2, 0) is 9.47 Å². The summed E-state index contributed by atoms with van der Waals surface area (Å²) in [4.78, 5) is 20.1. The van der Waals surface area contributed by atoms with Crippen LogP contribution in [0, 0.1) is 0 Å². The van der Waals surface area contributed by atoms with Gasteiger partial charge in [-0.15, -0.1) is 0 Å². The Morgan fingerprint density at radius 1 is 1.38 bits per heavy atom. The molecule has 0 spiro atoms. The van der Waals surface area contributed by atoms with E-state index in [-0.39, 0.29) is 12.2 Å². The van der Waals surface area contributed by atoms with Gasteiger partial charge in [0.1, 0.15) is 5.76 Å². The highest BCUT2D eigenvalue weighted by Gasteiger charge is 2.18. The first-order valence-corrected chi connectivity index (χ1v) is 3.46. The summed E-state index contributed by atoms with van der Waals surface area (Å²) in [6, 6.07) is 0. The second kappa shape index (κ2) is 5.02. The van der Waals surface area contributed by atoms with Crippen LogP contribution in [0.25, 0.3) is 0 Å². The third-order valence-corrected chi connectivity index (χ3v) is 1.19. The number of carboxylic acid groups (broad SMARTS) is 2. The van der Waals surface area contributed by atoms with Gasteiger partial charge in [0.15, 0.2) is 6.10 Å². The maximum absolute atomic E-state index is 10.1. The van der Waals surface area contributed by atoms with E-state index in [0.717, 1.165) is 0 Å². The van der Waals surface area contributed by atoms with Gasteiger partial charge in [-0.2, -0.15) is 0 Å². The van der Waals surface area contributed by atoms with E-state index >= 15 is 0 Å². The van der Waals surface area contributed by atoms with Gasteiger partial charge in [0.25, 0.3) is 0 Å². The Bertz CT molecular complexity index is 221. The Kier molecular flexibility index (Phi) is 4.36. The van der Waals surface area contributed by atoms with Crippen LogP contribution in [0.1, 0.15) is 13.3 Å². The van der Waals surface area contributed by atoms with E-state index in [2.05, 4.69) is 16.1 Å². The van der Waals surface area contributed by atoms with Gasteiger partial charge in [-0.3, -0.25) is 0 Å². The fourth-order valence-electron chi connectivity index (χ4n) is 0.676. The van der Waals surface area contributed by atoms with Crippen LogP contribution in [0.4, 0.5) is 9.59 Å². The van der Waals surface area contributed by atoms with Gasteiger partial charge in [-0.1, -0.05) is 13.5 Å². The lowest BCUT2D eigenvalue weighted by molar-refractivity contribution is 0.0351. The summed E-state index contributed by atoms with van der Waals surface area (Å²) < 4.78 is 8.43. The molecule has 1 unspecified atom stereocenters. The predicted molar refractivity (Wildman–Crippen MR) is 41.4 cm³/mol. The molecule has 0 saturated carbocycles. The summed E-state index contributed by atoms with van der Waals surface area (Å²) >= 11 is 0. The first-order chi connectivity index (χ1) is 5.97. The number of rotatable bonds is 4. The molecule has 0 aromatic carbocycles. The highest BCUT2D eigenvalue weighted by molar-refractivity contribution is 5.59. The second-order valence-corrected chi connectivity index (χ2v) is 2.11. The van der Waals surface area contributed by atoms with Crippen LogP contribution >= 0.6 is 0 Å². The largest absolute Gasteiger partial charge is 0.511 e. The van der Waals surface area contributed by atoms with Crippen molar-refractivity contribution in [3.8, 4) is 0 Å². The van der Waals surface area contributed by atoms with Crippen molar-refractivity contribution >= 4 is 12.3 Å². The molecule has 0 heterocycles. The Morgan fingerprint density at radius 3 is 2.23 bits per heavy atom. The van der Waals surface area contributed by atoms with Crippen LogP contribution < -0.4 is 0 Å². The summed E-state index contributed by atoms with van der Waals surface area (Å²) in [5, 5.41) is 16.4. The molecule has 0 aliphatic carbocycles. The molecule has 74 valence electrons. The van der Waals surface area contributed by atoms with E-state index in [9.17, 15) is 9.59 Å². The minimum absolute atomic E-state index is 0.239. The van der Waals surface area contributed by atoms with Crippen LogP contribution in [0.15, 0.2) is 12.3 Å². The number of carbonyl (C=O) groups is 2. The lowest BCUT2D eigenvalue weighted by Gasteiger charge is -2.14. The van der Waals surface area contributed by atoms with Crippen molar-refractivity contribution in [2.24, 2.45) is 0 Å². The van der Waals surface area contributed by atoms with E-state index in [1.807, 2.05) is 0 Å². The van der Waals surface area contributed by atoms with Crippen molar-refractivity contribution in [3.05, 3.63) is 12.3 Å². The normalized spacial score (nSPS) is 11.5. The summed E-state index contributed by atoms with van der Waals surface area (Å²) in [5.41, 5.74) is 0. The Balaban J connectivity index is 4.15. The lowest BCUT2D eigenvalue weighted by Crippen LogP contribution is -2.20. The Morgan fingerprint density at radius 2 is 1.92 bits per heavy atom. The highest BCUT2D eigenvalue weighted by Crippen LogP contribution is 2.10. The monoisotopic (exact) mass is 190 g/mol. The molecule has 0 fully saturated rings. The maximum atomic E-state index is 10.1. The Hall–Kier alpha value is -1.72. The molecule has 13 heavy (non-hydrogen) atoms. The van der Waals surface area contributed by atoms with E-state index < -0.39 is 18.4 Å². The van der Waals surface area contributed by atoms with Crippen LogP contribution in [0.5, 0.6) is 0 Å². The summed E-state index contributed by atoms with van der Waals surface area (Å²) in [5.74, 6) is -0.239. The zero-order chi connectivity index (χ0) is 10.4. The number of hydrogen-bond donors (Lipinski definition) is 2. The predicted octanol–water partition coefficient (Wildman–Crippen LogP) is 1.67.